The Bertz CT molecular complexity index is 373. The van der Waals surface area contributed by atoms with Gasteiger partial charge in [0.15, 0.2) is 0 Å². The Morgan fingerprint density at radius 3 is 3.08 bits per heavy atom. The van der Waals surface area contributed by atoms with Gasteiger partial charge in [0.05, 0.1) is 5.69 Å². The van der Waals surface area contributed by atoms with E-state index < -0.39 is 0 Å². The normalized spacial score (nSPS) is 8.23. The summed E-state index contributed by atoms with van der Waals surface area (Å²) in [6.07, 6.45) is 6.46. The van der Waals surface area contributed by atoms with E-state index in [9.17, 15) is 4.79 Å². The first kappa shape index (κ1) is 9.05. The van der Waals surface area contributed by atoms with E-state index in [0.717, 1.165) is 0 Å². The Hall–Kier alpha value is -2.04. The van der Waals surface area contributed by atoms with Crippen LogP contribution in [-0.4, -0.2) is 12.7 Å². The average molecular weight is 173 g/mol. The SMILES string of the molecule is C#CCOc1cccc(N=C=O)c1. The van der Waals surface area contributed by atoms with Crippen molar-refractivity contribution in [1.29, 1.82) is 0 Å². The van der Waals surface area contributed by atoms with E-state index in [-0.39, 0.29) is 6.61 Å². The van der Waals surface area contributed by atoms with E-state index in [1.165, 1.54) is 6.08 Å². The minimum atomic E-state index is 0.203. The lowest BCUT2D eigenvalue weighted by molar-refractivity contribution is 0.370. The Kier molecular flexibility index (Phi) is 3.31. The monoisotopic (exact) mass is 173 g/mol. The lowest BCUT2D eigenvalue weighted by Crippen LogP contribution is -1.92. The number of benzene rings is 1. The summed E-state index contributed by atoms with van der Waals surface area (Å²) in [7, 11) is 0. The minimum absolute atomic E-state index is 0.203. The van der Waals surface area contributed by atoms with E-state index in [1.807, 2.05) is 0 Å². The highest BCUT2D eigenvalue weighted by atomic mass is 16.5. The van der Waals surface area contributed by atoms with Gasteiger partial charge >= 0.3 is 0 Å². The number of ether oxygens (including phenoxy) is 1. The van der Waals surface area contributed by atoms with Crippen molar-refractivity contribution in [2.75, 3.05) is 6.61 Å². The minimum Gasteiger partial charge on any atom is -0.481 e. The van der Waals surface area contributed by atoms with Crippen molar-refractivity contribution in [2.45, 2.75) is 0 Å². The standard InChI is InChI=1S/C10H7NO2/c1-2-6-13-10-5-3-4-9(7-10)11-8-12/h1,3-5,7H,6H2. The van der Waals surface area contributed by atoms with E-state index in [4.69, 9.17) is 11.2 Å². The molecule has 0 amide bonds. The predicted octanol–water partition coefficient (Wildman–Crippen LogP) is 1.67. The van der Waals surface area contributed by atoms with Crippen LogP contribution >= 0.6 is 0 Å². The van der Waals surface area contributed by atoms with Gasteiger partial charge in [0.2, 0.25) is 6.08 Å². The molecule has 1 aromatic carbocycles. The van der Waals surface area contributed by atoms with E-state index in [1.54, 1.807) is 24.3 Å². The summed E-state index contributed by atoms with van der Waals surface area (Å²) in [5.74, 6) is 2.93. The summed E-state index contributed by atoms with van der Waals surface area (Å²) < 4.78 is 5.12. The van der Waals surface area contributed by atoms with Gasteiger partial charge in [-0.1, -0.05) is 12.0 Å². The number of rotatable bonds is 3. The largest absolute Gasteiger partial charge is 0.481 e. The summed E-state index contributed by atoms with van der Waals surface area (Å²) in [4.78, 5) is 13.4. The number of aliphatic imine (C=N–C) groups is 1. The van der Waals surface area contributed by atoms with Gasteiger partial charge in [0.1, 0.15) is 12.4 Å². The lowest BCUT2D eigenvalue weighted by Gasteiger charge is -2.00. The van der Waals surface area contributed by atoms with Gasteiger partial charge in [-0.2, -0.15) is 4.99 Å². The molecule has 1 aromatic rings. The smallest absolute Gasteiger partial charge is 0.240 e. The van der Waals surface area contributed by atoms with E-state index >= 15 is 0 Å². The van der Waals surface area contributed by atoms with Crippen molar-refractivity contribution in [3.63, 3.8) is 0 Å². The number of terminal acetylenes is 1. The Morgan fingerprint density at radius 2 is 2.38 bits per heavy atom. The van der Waals surface area contributed by atoms with Crippen LogP contribution in [0.2, 0.25) is 0 Å². The zero-order valence-electron chi connectivity index (χ0n) is 6.86. The van der Waals surface area contributed by atoms with E-state index in [0.29, 0.717) is 11.4 Å². The number of nitrogens with zero attached hydrogens (tertiary/aromatic N) is 1. The molecule has 3 nitrogen and oxygen atoms in total. The quantitative estimate of drug-likeness (QED) is 0.396. The molecule has 0 aliphatic carbocycles. The molecule has 1 rings (SSSR count). The van der Waals surface area contributed by atoms with Crippen molar-refractivity contribution in [2.24, 2.45) is 4.99 Å². The van der Waals surface area contributed by atoms with Gasteiger partial charge in [0.25, 0.3) is 0 Å². The molecule has 0 atom stereocenters. The molecule has 0 heterocycles. The summed E-state index contributed by atoms with van der Waals surface area (Å²) in [6.45, 7) is 0.203. The van der Waals surface area contributed by atoms with Crippen molar-refractivity contribution < 1.29 is 9.53 Å². The van der Waals surface area contributed by atoms with Gasteiger partial charge in [-0.25, -0.2) is 4.79 Å². The zero-order chi connectivity index (χ0) is 9.52. The number of isocyanates is 1. The average Bonchev–Trinajstić information content (AvgIpc) is 2.16. The van der Waals surface area contributed by atoms with Crippen molar-refractivity contribution in [1.82, 2.24) is 0 Å². The first-order valence-electron chi connectivity index (χ1n) is 3.61. The summed E-state index contributed by atoms with van der Waals surface area (Å²) >= 11 is 0. The molecule has 0 saturated carbocycles. The molecule has 0 saturated heterocycles. The summed E-state index contributed by atoms with van der Waals surface area (Å²) in [6, 6.07) is 6.75. The van der Waals surface area contributed by atoms with Crippen molar-refractivity contribution in [3.05, 3.63) is 24.3 Å². The maximum atomic E-state index is 9.93. The van der Waals surface area contributed by atoms with Crippen LogP contribution in [0.1, 0.15) is 0 Å². The Labute approximate surface area is 76.1 Å². The fraction of sp³-hybridized carbons (Fsp3) is 0.100. The molecule has 64 valence electrons. The molecule has 0 unspecified atom stereocenters. The third-order valence-corrected chi connectivity index (χ3v) is 1.31. The molecule has 0 N–H and O–H groups in total. The summed E-state index contributed by atoms with van der Waals surface area (Å²) in [5, 5.41) is 0. The van der Waals surface area contributed by atoms with Gasteiger partial charge < -0.3 is 4.74 Å². The molecule has 0 aliphatic heterocycles. The fourth-order valence-electron chi connectivity index (χ4n) is 0.821. The van der Waals surface area contributed by atoms with Crippen LogP contribution in [-0.2, 0) is 4.79 Å². The highest BCUT2D eigenvalue weighted by Gasteiger charge is 1.93. The molecular formula is C10H7NO2. The second-order valence-corrected chi connectivity index (χ2v) is 2.19. The molecular weight excluding hydrogens is 166 g/mol. The molecule has 0 bridgehead atoms. The molecule has 0 aromatic heterocycles. The number of hydrogen-bond acceptors (Lipinski definition) is 3. The van der Waals surface area contributed by atoms with Crippen LogP contribution in [0.25, 0.3) is 0 Å². The Morgan fingerprint density at radius 1 is 1.54 bits per heavy atom. The van der Waals surface area contributed by atoms with Crippen LogP contribution < -0.4 is 4.74 Å². The fourth-order valence-corrected chi connectivity index (χ4v) is 0.821. The third kappa shape index (κ3) is 2.82. The van der Waals surface area contributed by atoms with Crippen LogP contribution in [0.3, 0.4) is 0 Å². The van der Waals surface area contributed by atoms with E-state index in [2.05, 4.69) is 10.9 Å². The molecule has 3 heteroatoms. The highest BCUT2D eigenvalue weighted by Crippen LogP contribution is 2.18. The van der Waals surface area contributed by atoms with Gasteiger partial charge in [-0.3, -0.25) is 0 Å². The van der Waals surface area contributed by atoms with Crippen LogP contribution in [0, 0.1) is 12.3 Å². The lowest BCUT2D eigenvalue weighted by atomic mass is 10.3. The summed E-state index contributed by atoms with van der Waals surface area (Å²) in [5.41, 5.74) is 0.504. The van der Waals surface area contributed by atoms with Crippen molar-refractivity contribution in [3.8, 4) is 18.1 Å². The van der Waals surface area contributed by atoms with Gasteiger partial charge in [-0.15, -0.1) is 6.42 Å². The number of hydrogen-bond donors (Lipinski definition) is 0. The predicted molar refractivity (Wildman–Crippen MR) is 48.6 cm³/mol. The molecule has 0 aliphatic rings. The molecule has 0 fully saturated rings. The maximum Gasteiger partial charge on any atom is 0.240 e. The van der Waals surface area contributed by atoms with Crippen LogP contribution in [0.4, 0.5) is 5.69 Å². The van der Waals surface area contributed by atoms with Crippen LogP contribution in [0.15, 0.2) is 29.3 Å². The molecule has 13 heavy (non-hydrogen) atoms. The maximum absolute atomic E-state index is 9.93. The third-order valence-electron chi connectivity index (χ3n) is 1.31. The molecule has 0 radical (unpaired) electrons. The van der Waals surface area contributed by atoms with Crippen molar-refractivity contribution >= 4 is 11.8 Å². The Balaban J connectivity index is 2.80. The second-order valence-electron chi connectivity index (χ2n) is 2.19. The topological polar surface area (TPSA) is 38.7 Å². The first-order valence-corrected chi connectivity index (χ1v) is 3.61. The van der Waals surface area contributed by atoms with Gasteiger partial charge in [0, 0.05) is 6.07 Å². The number of carbonyl (C=O) groups excluding carboxylic acids is 1. The molecule has 0 spiro atoms. The van der Waals surface area contributed by atoms with Gasteiger partial charge in [-0.05, 0) is 12.1 Å². The second kappa shape index (κ2) is 4.76. The van der Waals surface area contributed by atoms with Crippen LogP contribution in [0.5, 0.6) is 5.75 Å². The highest BCUT2D eigenvalue weighted by molar-refractivity contribution is 5.51. The first-order chi connectivity index (χ1) is 6.36. The zero-order valence-corrected chi connectivity index (χ0v) is 6.86.